The Morgan fingerprint density at radius 1 is 1.16 bits per heavy atom. The van der Waals surface area contributed by atoms with Crippen molar-refractivity contribution in [2.75, 3.05) is 25.0 Å². The minimum atomic E-state index is -3.47. The smallest absolute Gasteiger partial charge is 0.241 e. The molecule has 2 heterocycles. The van der Waals surface area contributed by atoms with Crippen LogP contribution in [-0.4, -0.2) is 39.6 Å². The second-order valence-corrected chi connectivity index (χ2v) is 7.70. The summed E-state index contributed by atoms with van der Waals surface area (Å²) in [5.41, 5.74) is 0. The molecule has 0 atom stereocenters. The highest BCUT2D eigenvalue weighted by Crippen LogP contribution is 2.23. The summed E-state index contributed by atoms with van der Waals surface area (Å²) in [5.74, 6) is 1.13. The van der Waals surface area contributed by atoms with E-state index in [1.807, 2.05) is 0 Å². The summed E-state index contributed by atoms with van der Waals surface area (Å²) in [4.78, 5) is 6.50. The van der Waals surface area contributed by atoms with E-state index in [1.54, 1.807) is 24.3 Å². The number of piperidine rings is 1. The zero-order valence-corrected chi connectivity index (χ0v) is 14.7. The Balaban J connectivity index is 1.57. The number of ether oxygens (including phenoxy) is 1. The lowest BCUT2D eigenvalue weighted by Gasteiger charge is -2.33. The molecule has 3 rings (SSSR count). The van der Waals surface area contributed by atoms with Gasteiger partial charge in [0.05, 0.1) is 0 Å². The van der Waals surface area contributed by atoms with Gasteiger partial charge in [-0.3, -0.25) is 0 Å². The molecule has 0 spiro atoms. The van der Waals surface area contributed by atoms with Crippen molar-refractivity contribution >= 4 is 15.8 Å². The molecule has 2 aromatic rings. The van der Waals surface area contributed by atoms with E-state index in [9.17, 15) is 12.8 Å². The van der Waals surface area contributed by atoms with Gasteiger partial charge in [0.1, 0.15) is 28.4 Å². The standard InChI is InChI=1S/C17H20FN3O3S/c1-19-25(22,23)16-6-7-17(20-12-16)21-10-8-15(9-11-21)24-14-4-2-13(18)3-5-14/h2-7,12,15,19H,8-11H2,1H3. The Kier molecular flexibility index (Phi) is 5.19. The van der Waals surface area contributed by atoms with Gasteiger partial charge in [0.15, 0.2) is 0 Å². The summed E-state index contributed by atoms with van der Waals surface area (Å²) in [7, 11) is -2.10. The number of pyridine rings is 1. The summed E-state index contributed by atoms with van der Waals surface area (Å²) in [6.45, 7) is 1.52. The number of hydrogen-bond acceptors (Lipinski definition) is 5. The molecule has 134 valence electrons. The molecule has 6 nitrogen and oxygen atoms in total. The molecule has 1 aliphatic rings. The second-order valence-electron chi connectivity index (χ2n) is 5.82. The molecular weight excluding hydrogens is 345 g/mol. The van der Waals surface area contributed by atoms with Crippen LogP contribution in [0.2, 0.25) is 0 Å². The van der Waals surface area contributed by atoms with Crippen LogP contribution in [0, 0.1) is 5.82 Å². The highest BCUT2D eigenvalue weighted by molar-refractivity contribution is 7.89. The average molecular weight is 365 g/mol. The molecule has 1 saturated heterocycles. The largest absolute Gasteiger partial charge is 0.490 e. The molecule has 25 heavy (non-hydrogen) atoms. The maximum Gasteiger partial charge on any atom is 0.241 e. The maximum absolute atomic E-state index is 12.9. The van der Waals surface area contributed by atoms with Gasteiger partial charge in [-0.05, 0) is 43.4 Å². The molecule has 0 amide bonds. The van der Waals surface area contributed by atoms with Gasteiger partial charge < -0.3 is 9.64 Å². The summed E-state index contributed by atoms with van der Waals surface area (Å²) in [5, 5.41) is 0. The number of hydrogen-bond donors (Lipinski definition) is 1. The first-order chi connectivity index (χ1) is 12.0. The van der Waals surface area contributed by atoms with E-state index in [0.717, 1.165) is 31.7 Å². The Labute approximate surface area is 146 Å². The SMILES string of the molecule is CNS(=O)(=O)c1ccc(N2CCC(Oc3ccc(F)cc3)CC2)nc1. The van der Waals surface area contributed by atoms with Crippen molar-refractivity contribution < 1.29 is 17.5 Å². The normalized spacial score (nSPS) is 16.0. The van der Waals surface area contributed by atoms with E-state index in [2.05, 4.69) is 14.6 Å². The maximum atomic E-state index is 12.9. The third-order valence-electron chi connectivity index (χ3n) is 4.18. The van der Waals surface area contributed by atoms with Crippen molar-refractivity contribution in [3.63, 3.8) is 0 Å². The van der Waals surface area contributed by atoms with Gasteiger partial charge in [-0.1, -0.05) is 0 Å². The Morgan fingerprint density at radius 2 is 1.84 bits per heavy atom. The molecule has 0 saturated carbocycles. The summed E-state index contributed by atoms with van der Waals surface area (Å²) >= 11 is 0. The van der Waals surface area contributed by atoms with Crippen LogP contribution in [0.15, 0.2) is 47.5 Å². The number of nitrogens with one attached hydrogen (secondary N) is 1. The minimum Gasteiger partial charge on any atom is -0.490 e. The lowest BCUT2D eigenvalue weighted by molar-refractivity contribution is 0.170. The van der Waals surface area contributed by atoms with Gasteiger partial charge in [0.25, 0.3) is 0 Å². The number of anilines is 1. The van der Waals surface area contributed by atoms with Crippen LogP contribution >= 0.6 is 0 Å². The fraction of sp³-hybridized carbons (Fsp3) is 0.353. The molecule has 0 aliphatic carbocycles. The lowest BCUT2D eigenvalue weighted by atomic mass is 10.1. The average Bonchev–Trinajstić information content (AvgIpc) is 2.64. The first-order valence-corrected chi connectivity index (χ1v) is 9.53. The number of nitrogens with zero attached hydrogens (tertiary/aromatic N) is 2. The van der Waals surface area contributed by atoms with Crippen LogP contribution in [-0.2, 0) is 10.0 Å². The molecule has 0 unspecified atom stereocenters. The zero-order chi connectivity index (χ0) is 17.9. The number of halogens is 1. The first-order valence-electron chi connectivity index (χ1n) is 8.05. The molecule has 1 N–H and O–H groups in total. The third kappa shape index (κ3) is 4.26. The van der Waals surface area contributed by atoms with Crippen LogP contribution in [0.1, 0.15) is 12.8 Å². The van der Waals surface area contributed by atoms with Gasteiger partial charge in [0.2, 0.25) is 10.0 Å². The van der Waals surface area contributed by atoms with Gasteiger partial charge >= 0.3 is 0 Å². The molecule has 1 aromatic carbocycles. The molecule has 1 aromatic heterocycles. The molecule has 0 bridgehead atoms. The summed E-state index contributed by atoms with van der Waals surface area (Å²) in [6.07, 6.45) is 3.07. The van der Waals surface area contributed by atoms with E-state index >= 15 is 0 Å². The van der Waals surface area contributed by atoms with Crippen molar-refractivity contribution in [3.05, 3.63) is 48.4 Å². The van der Waals surface area contributed by atoms with Crippen molar-refractivity contribution in [2.45, 2.75) is 23.8 Å². The van der Waals surface area contributed by atoms with Gasteiger partial charge in [-0.25, -0.2) is 22.5 Å². The second kappa shape index (κ2) is 7.37. The minimum absolute atomic E-state index is 0.0747. The van der Waals surface area contributed by atoms with Gasteiger partial charge in [-0.15, -0.1) is 0 Å². The van der Waals surface area contributed by atoms with E-state index in [1.165, 1.54) is 25.4 Å². The Bertz CT molecular complexity index is 802. The summed E-state index contributed by atoms with van der Waals surface area (Å²) < 4.78 is 44.5. The van der Waals surface area contributed by atoms with Crippen molar-refractivity contribution in [2.24, 2.45) is 0 Å². The molecular formula is C17H20FN3O3S. The number of rotatable bonds is 5. The van der Waals surface area contributed by atoms with Gasteiger partial charge in [-0.2, -0.15) is 0 Å². The number of aromatic nitrogens is 1. The zero-order valence-electron chi connectivity index (χ0n) is 13.9. The van der Waals surface area contributed by atoms with Gasteiger partial charge in [0, 0.05) is 32.1 Å². The predicted molar refractivity (Wildman–Crippen MR) is 92.7 cm³/mol. The summed E-state index contributed by atoms with van der Waals surface area (Å²) in [6, 6.07) is 9.29. The first kappa shape index (κ1) is 17.6. The van der Waals surface area contributed by atoms with Crippen molar-refractivity contribution in [1.82, 2.24) is 9.71 Å². The third-order valence-corrected chi connectivity index (χ3v) is 5.58. The van der Waals surface area contributed by atoms with E-state index in [-0.39, 0.29) is 16.8 Å². The topological polar surface area (TPSA) is 71.5 Å². The van der Waals surface area contributed by atoms with Crippen molar-refractivity contribution in [1.29, 1.82) is 0 Å². The quantitative estimate of drug-likeness (QED) is 0.879. The van der Waals surface area contributed by atoms with E-state index in [4.69, 9.17) is 4.74 Å². The fourth-order valence-electron chi connectivity index (χ4n) is 2.74. The molecule has 8 heteroatoms. The van der Waals surface area contributed by atoms with E-state index < -0.39 is 10.0 Å². The van der Waals surface area contributed by atoms with Crippen LogP contribution in [0.3, 0.4) is 0 Å². The van der Waals surface area contributed by atoms with Crippen LogP contribution < -0.4 is 14.4 Å². The number of sulfonamides is 1. The lowest BCUT2D eigenvalue weighted by Crippen LogP contribution is -2.38. The molecule has 0 radical (unpaired) electrons. The van der Waals surface area contributed by atoms with Crippen LogP contribution in [0.4, 0.5) is 10.2 Å². The fourth-order valence-corrected chi connectivity index (χ4v) is 3.42. The van der Waals surface area contributed by atoms with Crippen molar-refractivity contribution in [3.8, 4) is 5.75 Å². The highest BCUT2D eigenvalue weighted by Gasteiger charge is 2.22. The monoisotopic (exact) mass is 365 g/mol. The van der Waals surface area contributed by atoms with Crippen LogP contribution in [0.25, 0.3) is 0 Å². The molecule has 1 fully saturated rings. The number of benzene rings is 1. The highest BCUT2D eigenvalue weighted by atomic mass is 32.2. The Morgan fingerprint density at radius 3 is 2.40 bits per heavy atom. The van der Waals surface area contributed by atoms with E-state index in [0.29, 0.717) is 5.75 Å². The predicted octanol–water partition coefficient (Wildman–Crippen LogP) is 2.18. The Hall–Kier alpha value is -2.19. The van der Waals surface area contributed by atoms with Crippen LogP contribution in [0.5, 0.6) is 5.75 Å². The molecule has 1 aliphatic heterocycles.